The van der Waals surface area contributed by atoms with E-state index in [2.05, 4.69) is 4.98 Å². The summed E-state index contributed by atoms with van der Waals surface area (Å²) in [5.41, 5.74) is 0.698. The Morgan fingerprint density at radius 3 is 2.88 bits per heavy atom. The molecule has 1 aliphatic carbocycles. The molecule has 2 heterocycles. The molecule has 134 valence electrons. The molecule has 0 saturated heterocycles. The summed E-state index contributed by atoms with van der Waals surface area (Å²) in [6, 6.07) is 4.71. The molecular weight excluding hydrogens is 340 g/mol. The molecule has 0 bridgehead atoms. The van der Waals surface area contributed by atoms with Crippen LogP contribution in [0.15, 0.2) is 29.2 Å². The number of fused-ring (bicyclic) bond motifs is 1. The molecule has 3 rings (SSSR count). The van der Waals surface area contributed by atoms with Crippen molar-refractivity contribution >= 4 is 23.2 Å². The first kappa shape index (κ1) is 17.9. The van der Waals surface area contributed by atoms with Gasteiger partial charge >= 0.3 is 5.97 Å². The van der Waals surface area contributed by atoms with Crippen LogP contribution in [0.5, 0.6) is 0 Å². The third-order valence-electron chi connectivity index (χ3n) is 4.78. The van der Waals surface area contributed by atoms with E-state index in [1.54, 1.807) is 12.1 Å². The minimum atomic E-state index is -0.240. The van der Waals surface area contributed by atoms with Crippen LogP contribution >= 0.6 is 11.6 Å². The van der Waals surface area contributed by atoms with E-state index in [-0.39, 0.29) is 18.1 Å². The molecule has 0 atom stereocenters. The zero-order chi connectivity index (χ0) is 17.6. The number of carbonyl (C=O) groups is 1. The van der Waals surface area contributed by atoms with Gasteiger partial charge in [-0.2, -0.15) is 0 Å². The van der Waals surface area contributed by atoms with Crippen molar-refractivity contribution in [3.63, 3.8) is 0 Å². The molecule has 0 aromatic carbocycles. The summed E-state index contributed by atoms with van der Waals surface area (Å²) in [5.74, 6) is 0.546. The molecule has 2 aromatic rings. The van der Waals surface area contributed by atoms with Crippen molar-refractivity contribution in [3.8, 4) is 0 Å². The van der Waals surface area contributed by atoms with Gasteiger partial charge in [-0.15, -0.1) is 0 Å². The maximum Gasteiger partial charge on any atom is 0.306 e. The summed E-state index contributed by atoms with van der Waals surface area (Å²) in [6.07, 6.45) is 10.5. The Morgan fingerprint density at radius 1 is 1.28 bits per heavy atom. The van der Waals surface area contributed by atoms with Crippen molar-refractivity contribution in [1.82, 2.24) is 9.38 Å². The minimum Gasteiger partial charge on any atom is -0.459 e. The number of ether oxygens (including phenoxy) is 1. The van der Waals surface area contributed by atoms with E-state index in [0.717, 1.165) is 18.8 Å². The highest BCUT2D eigenvalue weighted by Gasteiger charge is 2.14. The highest BCUT2D eigenvalue weighted by molar-refractivity contribution is 6.30. The largest absolute Gasteiger partial charge is 0.459 e. The van der Waals surface area contributed by atoms with Crippen LogP contribution in [-0.2, 0) is 16.1 Å². The van der Waals surface area contributed by atoms with Crippen LogP contribution in [0, 0.1) is 5.92 Å². The number of aromatic nitrogens is 2. The van der Waals surface area contributed by atoms with Gasteiger partial charge in [-0.05, 0) is 30.9 Å². The van der Waals surface area contributed by atoms with Crippen molar-refractivity contribution in [2.75, 3.05) is 0 Å². The quantitative estimate of drug-likeness (QED) is 0.724. The van der Waals surface area contributed by atoms with Crippen LogP contribution in [0.1, 0.15) is 57.1 Å². The molecule has 1 aliphatic rings. The lowest BCUT2D eigenvalue weighted by molar-refractivity contribution is -0.145. The lowest BCUT2D eigenvalue weighted by atomic mass is 9.86. The Kier molecular flexibility index (Phi) is 6.08. The third-order valence-corrected chi connectivity index (χ3v) is 5.00. The van der Waals surface area contributed by atoms with Gasteiger partial charge in [-0.3, -0.25) is 14.0 Å². The summed E-state index contributed by atoms with van der Waals surface area (Å²) in [7, 11) is 0. The smallest absolute Gasteiger partial charge is 0.306 e. The van der Waals surface area contributed by atoms with Gasteiger partial charge in [0.05, 0.1) is 10.7 Å². The van der Waals surface area contributed by atoms with Gasteiger partial charge in [0, 0.05) is 18.7 Å². The zero-order valence-electron chi connectivity index (χ0n) is 14.2. The number of carbonyl (C=O) groups excluding carboxylic acids is 1. The fourth-order valence-electron chi connectivity index (χ4n) is 3.44. The first-order valence-corrected chi connectivity index (χ1v) is 9.33. The zero-order valence-corrected chi connectivity index (χ0v) is 15.0. The van der Waals surface area contributed by atoms with Crippen molar-refractivity contribution in [2.45, 2.75) is 58.0 Å². The maximum atomic E-state index is 12.1. The first-order chi connectivity index (χ1) is 12.1. The summed E-state index contributed by atoms with van der Waals surface area (Å²) >= 11 is 5.88. The van der Waals surface area contributed by atoms with Gasteiger partial charge in [0.15, 0.2) is 0 Å². The second-order valence-electron chi connectivity index (χ2n) is 6.72. The predicted octanol–water partition coefficient (Wildman–Crippen LogP) is 4.14. The second kappa shape index (κ2) is 8.48. The monoisotopic (exact) mass is 362 g/mol. The van der Waals surface area contributed by atoms with E-state index in [4.69, 9.17) is 16.3 Å². The normalized spacial score (nSPS) is 15.4. The van der Waals surface area contributed by atoms with Crippen molar-refractivity contribution in [3.05, 3.63) is 45.5 Å². The van der Waals surface area contributed by atoms with Crippen LogP contribution in [0.25, 0.3) is 5.65 Å². The lowest BCUT2D eigenvalue weighted by Crippen LogP contribution is -2.16. The van der Waals surface area contributed by atoms with Gasteiger partial charge in [-0.25, -0.2) is 4.98 Å². The molecule has 0 amide bonds. The Morgan fingerprint density at radius 2 is 2.08 bits per heavy atom. The molecule has 0 aliphatic heterocycles. The molecule has 0 radical (unpaired) electrons. The Hall–Kier alpha value is -1.88. The highest BCUT2D eigenvalue weighted by atomic mass is 35.5. The number of hydrogen-bond donors (Lipinski definition) is 0. The molecule has 6 heteroatoms. The molecular formula is C19H23ClN2O3. The summed E-state index contributed by atoms with van der Waals surface area (Å²) in [5, 5.41) is 0.466. The molecule has 2 aromatic heterocycles. The van der Waals surface area contributed by atoms with Gasteiger partial charge < -0.3 is 4.74 Å². The van der Waals surface area contributed by atoms with Crippen LogP contribution in [0.2, 0.25) is 5.02 Å². The van der Waals surface area contributed by atoms with Gasteiger partial charge in [-0.1, -0.05) is 43.7 Å². The fraction of sp³-hybridized carbons (Fsp3) is 0.526. The average molecular weight is 363 g/mol. The third kappa shape index (κ3) is 5.05. The SMILES string of the molecule is O=C(CCCC1CCCCC1)OCc1cc(=O)n2cc(Cl)ccc2n1. The summed E-state index contributed by atoms with van der Waals surface area (Å²) in [4.78, 5) is 28.3. The molecule has 5 nitrogen and oxygen atoms in total. The van der Waals surface area contributed by atoms with E-state index in [1.165, 1.54) is 48.8 Å². The number of pyridine rings is 1. The van der Waals surface area contributed by atoms with Crippen LogP contribution in [-0.4, -0.2) is 15.4 Å². The van der Waals surface area contributed by atoms with Gasteiger partial charge in [0.2, 0.25) is 0 Å². The molecule has 0 N–H and O–H groups in total. The summed E-state index contributed by atoms with van der Waals surface area (Å²) < 4.78 is 6.64. The molecule has 25 heavy (non-hydrogen) atoms. The van der Waals surface area contributed by atoms with E-state index < -0.39 is 0 Å². The molecule has 1 saturated carbocycles. The van der Waals surface area contributed by atoms with Gasteiger partial charge in [0.1, 0.15) is 12.3 Å². The van der Waals surface area contributed by atoms with Crippen molar-refractivity contribution in [1.29, 1.82) is 0 Å². The van der Waals surface area contributed by atoms with Crippen LogP contribution in [0.4, 0.5) is 0 Å². The summed E-state index contributed by atoms with van der Waals surface area (Å²) in [6.45, 7) is 0.0244. The molecule has 0 spiro atoms. The molecule has 0 unspecified atom stereocenters. The highest BCUT2D eigenvalue weighted by Crippen LogP contribution is 2.27. The number of hydrogen-bond acceptors (Lipinski definition) is 4. The minimum absolute atomic E-state index is 0.0244. The Bertz CT molecular complexity index is 797. The average Bonchev–Trinajstić information content (AvgIpc) is 2.61. The predicted molar refractivity (Wildman–Crippen MR) is 96.7 cm³/mol. The van der Waals surface area contributed by atoms with Crippen molar-refractivity contribution < 1.29 is 9.53 Å². The lowest BCUT2D eigenvalue weighted by Gasteiger charge is -2.20. The Balaban J connectivity index is 1.49. The number of esters is 1. The van der Waals surface area contributed by atoms with E-state index in [0.29, 0.717) is 22.8 Å². The van der Waals surface area contributed by atoms with Crippen LogP contribution < -0.4 is 5.56 Å². The van der Waals surface area contributed by atoms with Crippen molar-refractivity contribution in [2.24, 2.45) is 5.92 Å². The fourth-order valence-corrected chi connectivity index (χ4v) is 3.60. The number of halogens is 1. The Labute approximate surface area is 152 Å². The van der Waals surface area contributed by atoms with E-state index >= 15 is 0 Å². The van der Waals surface area contributed by atoms with Crippen LogP contribution in [0.3, 0.4) is 0 Å². The second-order valence-corrected chi connectivity index (χ2v) is 7.15. The maximum absolute atomic E-state index is 12.1. The molecule has 1 fully saturated rings. The van der Waals surface area contributed by atoms with Gasteiger partial charge in [0.25, 0.3) is 5.56 Å². The van der Waals surface area contributed by atoms with E-state index in [1.807, 2.05) is 0 Å². The first-order valence-electron chi connectivity index (χ1n) is 8.95. The number of nitrogens with zero attached hydrogens (tertiary/aromatic N) is 2. The van der Waals surface area contributed by atoms with E-state index in [9.17, 15) is 9.59 Å². The standard InChI is InChI=1S/C19H23ClN2O3/c20-15-9-10-17-21-16(11-18(23)22(17)12-15)13-25-19(24)8-4-7-14-5-2-1-3-6-14/h9-12,14H,1-8,13H2. The topological polar surface area (TPSA) is 60.7 Å². The number of rotatable bonds is 6.